The van der Waals surface area contributed by atoms with Crippen molar-refractivity contribution in [2.45, 2.75) is 0 Å². The molecule has 0 heterocycles. The highest BCUT2D eigenvalue weighted by Crippen LogP contribution is 2.54. The van der Waals surface area contributed by atoms with Gasteiger partial charge in [-0.05, 0) is 36.4 Å². The number of methoxy groups -OCH3 is 4. The Bertz CT molecular complexity index is 1360. The van der Waals surface area contributed by atoms with E-state index in [2.05, 4.69) is 0 Å². The first-order chi connectivity index (χ1) is 18.4. The van der Waals surface area contributed by atoms with Crippen LogP contribution in [0.5, 0.6) is 23.0 Å². The number of hydrogen-bond donors (Lipinski definition) is 0. The lowest BCUT2D eigenvalue weighted by Crippen LogP contribution is -2.26. The number of benzene rings is 4. The first-order valence-electron chi connectivity index (χ1n) is 12.1. The van der Waals surface area contributed by atoms with E-state index in [0.29, 0.717) is 44.2 Å². The molecular weight excluding hydrogens is 518 g/mol. The van der Waals surface area contributed by atoms with Crippen LogP contribution in [0.2, 0.25) is 0 Å². The maximum atomic E-state index is 15.1. The normalized spacial score (nSPS) is 14.1. The quantitative estimate of drug-likeness (QED) is 0.244. The zero-order valence-corrected chi connectivity index (χ0v) is 23.8. The fourth-order valence-electron chi connectivity index (χ4n) is 4.55. The van der Waals surface area contributed by atoms with E-state index in [1.165, 1.54) is 0 Å². The minimum atomic E-state index is -3.35. The van der Waals surface area contributed by atoms with Crippen molar-refractivity contribution >= 4 is 35.5 Å². The van der Waals surface area contributed by atoms with Crippen LogP contribution in [0.15, 0.2) is 97.1 Å². The van der Waals surface area contributed by atoms with Crippen LogP contribution in [-0.2, 0) is 9.13 Å². The molecule has 0 N–H and O–H groups in total. The van der Waals surface area contributed by atoms with E-state index < -0.39 is 14.3 Å². The van der Waals surface area contributed by atoms with Gasteiger partial charge in [0.05, 0.1) is 39.0 Å². The molecule has 0 saturated carbocycles. The van der Waals surface area contributed by atoms with Crippen LogP contribution in [0, 0.1) is 0 Å². The Morgan fingerprint density at radius 1 is 0.500 bits per heavy atom. The van der Waals surface area contributed by atoms with Crippen LogP contribution in [-0.4, -0.2) is 40.8 Å². The summed E-state index contributed by atoms with van der Waals surface area (Å²) in [6.45, 7) is 0. The molecule has 0 spiro atoms. The molecular formula is C30H32O6P2. The topological polar surface area (TPSA) is 71.1 Å². The summed E-state index contributed by atoms with van der Waals surface area (Å²) in [4.78, 5) is 0. The van der Waals surface area contributed by atoms with E-state index in [-0.39, 0.29) is 12.3 Å². The highest BCUT2D eigenvalue weighted by molar-refractivity contribution is 7.82. The number of ether oxygens (including phenoxy) is 4. The maximum Gasteiger partial charge on any atom is 0.147 e. The van der Waals surface area contributed by atoms with Crippen LogP contribution < -0.4 is 40.2 Å². The lowest BCUT2D eigenvalue weighted by Gasteiger charge is -2.26. The van der Waals surface area contributed by atoms with Gasteiger partial charge in [0.2, 0.25) is 0 Å². The lowest BCUT2D eigenvalue weighted by atomic mass is 10.3. The average Bonchev–Trinajstić information content (AvgIpc) is 2.99. The van der Waals surface area contributed by atoms with Crippen LogP contribution >= 0.6 is 14.3 Å². The molecule has 38 heavy (non-hydrogen) atoms. The Morgan fingerprint density at radius 3 is 1.18 bits per heavy atom. The van der Waals surface area contributed by atoms with Crippen LogP contribution in [0.4, 0.5) is 0 Å². The average molecular weight is 551 g/mol. The minimum Gasteiger partial charge on any atom is -0.497 e. The van der Waals surface area contributed by atoms with Crippen molar-refractivity contribution < 1.29 is 28.1 Å². The van der Waals surface area contributed by atoms with Gasteiger partial charge in [-0.1, -0.05) is 60.7 Å². The monoisotopic (exact) mass is 550 g/mol. The van der Waals surface area contributed by atoms with Gasteiger partial charge in [0.1, 0.15) is 37.3 Å². The van der Waals surface area contributed by atoms with Crippen molar-refractivity contribution in [1.82, 2.24) is 0 Å². The van der Waals surface area contributed by atoms with Crippen LogP contribution in [0.3, 0.4) is 0 Å². The van der Waals surface area contributed by atoms with E-state index in [9.17, 15) is 0 Å². The van der Waals surface area contributed by atoms with E-state index in [1.807, 2.05) is 60.7 Å². The summed E-state index contributed by atoms with van der Waals surface area (Å²) in [7, 11) is -0.456. The summed E-state index contributed by atoms with van der Waals surface area (Å²) in [5.41, 5.74) is 0. The third kappa shape index (κ3) is 5.38. The van der Waals surface area contributed by atoms with E-state index in [1.54, 1.807) is 64.8 Å². The molecule has 6 nitrogen and oxygen atoms in total. The van der Waals surface area contributed by atoms with E-state index >= 15 is 9.13 Å². The fourth-order valence-corrected chi connectivity index (χ4v) is 11.4. The Morgan fingerprint density at radius 2 is 0.868 bits per heavy atom. The molecule has 0 radical (unpaired) electrons. The van der Waals surface area contributed by atoms with Crippen molar-refractivity contribution in [2.24, 2.45) is 0 Å². The van der Waals surface area contributed by atoms with Crippen molar-refractivity contribution in [3.8, 4) is 23.0 Å². The summed E-state index contributed by atoms with van der Waals surface area (Å²) in [6, 6.07) is 29.1. The fraction of sp³-hybridized carbons (Fsp3) is 0.200. The molecule has 198 valence electrons. The lowest BCUT2D eigenvalue weighted by molar-refractivity contribution is 0.405. The summed E-state index contributed by atoms with van der Waals surface area (Å²) >= 11 is 0. The largest absolute Gasteiger partial charge is 0.497 e. The number of rotatable bonds is 11. The van der Waals surface area contributed by atoms with Gasteiger partial charge in [-0.15, -0.1) is 0 Å². The van der Waals surface area contributed by atoms with Crippen molar-refractivity contribution in [1.29, 1.82) is 0 Å². The Kier molecular flexibility index (Phi) is 8.66. The van der Waals surface area contributed by atoms with Gasteiger partial charge < -0.3 is 28.1 Å². The van der Waals surface area contributed by atoms with E-state index in [4.69, 9.17) is 18.9 Å². The second-order valence-electron chi connectivity index (χ2n) is 8.67. The Hall–Kier alpha value is -3.46. The highest BCUT2D eigenvalue weighted by Gasteiger charge is 2.37. The van der Waals surface area contributed by atoms with Crippen molar-refractivity contribution in [3.05, 3.63) is 97.1 Å². The van der Waals surface area contributed by atoms with Gasteiger partial charge in [-0.25, -0.2) is 0 Å². The van der Waals surface area contributed by atoms with Crippen molar-refractivity contribution in [2.75, 3.05) is 40.8 Å². The molecule has 8 heteroatoms. The molecule has 2 atom stereocenters. The van der Waals surface area contributed by atoms with Gasteiger partial charge in [-0.3, -0.25) is 0 Å². The molecule has 4 rings (SSSR count). The molecule has 0 saturated heterocycles. The third-order valence-corrected chi connectivity index (χ3v) is 13.2. The molecule has 0 fully saturated rings. The number of hydrogen-bond acceptors (Lipinski definition) is 6. The van der Waals surface area contributed by atoms with Crippen molar-refractivity contribution in [3.63, 3.8) is 0 Å². The van der Waals surface area contributed by atoms with Gasteiger partial charge in [-0.2, -0.15) is 0 Å². The van der Waals surface area contributed by atoms with Crippen LogP contribution in [0.1, 0.15) is 0 Å². The summed E-state index contributed by atoms with van der Waals surface area (Å²) in [6.07, 6.45) is 0.264. The molecule has 0 aromatic heterocycles. The predicted molar refractivity (Wildman–Crippen MR) is 155 cm³/mol. The van der Waals surface area contributed by atoms with Crippen LogP contribution in [0.25, 0.3) is 0 Å². The summed E-state index contributed by atoms with van der Waals surface area (Å²) in [5.74, 6) is 2.12. The van der Waals surface area contributed by atoms with Gasteiger partial charge in [0.15, 0.2) is 0 Å². The molecule has 4 aromatic carbocycles. The van der Waals surface area contributed by atoms with Gasteiger partial charge >= 0.3 is 0 Å². The summed E-state index contributed by atoms with van der Waals surface area (Å²) < 4.78 is 52.5. The SMILES string of the molecule is COc1ccc(OC)c(P(=O)(CCP(=O)(c2ccccc2)c2cc(OC)ccc2OC)c2ccccc2)c1. The van der Waals surface area contributed by atoms with Gasteiger partial charge in [0, 0.05) is 22.9 Å². The molecule has 2 unspecified atom stereocenters. The second-order valence-corrected chi connectivity index (χ2v) is 14.5. The molecule has 4 aromatic rings. The third-order valence-electron chi connectivity index (χ3n) is 6.63. The molecule has 0 aliphatic carbocycles. The second kappa shape index (κ2) is 11.9. The highest BCUT2D eigenvalue weighted by atomic mass is 31.2. The van der Waals surface area contributed by atoms with Gasteiger partial charge in [0.25, 0.3) is 0 Å². The summed E-state index contributed by atoms with van der Waals surface area (Å²) in [5, 5.41) is 2.37. The standard InChI is InChI=1S/C30H32O6P2/c1-33-23-15-17-27(35-3)29(21-23)37(31,25-11-7-5-8-12-25)19-20-38(32,26-13-9-6-10-14-26)30-22-24(34-2)16-18-28(30)36-4/h5-18,21-22H,19-20H2,1-4H3. The first kappa shape index (κ1) is 27.6. The smallest absolute Gasteiger partial charge is 0.147 e. The zero-order chi connectivity index (χ0) is 27.2. The Labute approximate surface area is 224 Å². The molecule has 0 aliphatic rings. The molecule has 0 bridgehead atoms. The predicted octanol–water partition coefficient (Wildman–Crippen LogP) is 5.05. The molecule has 0 amide bonds. The first-order valence-corrected chi connectivity index (χ1v) is 15.9. The maximum absolute atomic E-state index is 15.1. The molecule has 0 aliphatic heterocycles. The Balaban J connectivity index is 1.91. The minimum absolute atomic E-state index is 0.132. The zero-order valence-electron chi connectivity index (χ0n) is 22.0. The van der Waals surface area contributed by atoms with E-state index in [0.717, 1.165) is 0 Å².